The fourth-order valence-corrected chi connectivity index (χ4v) is 1.38. The van der Waals surface area contributed by atoms with Gasteiger partial charge in [-0.25, -0.2) is 4.39 Å². The number of amides is 1. The van der Waals surface area contributed by atoms with Gasteiger partial charge < -0.3 is 10.1 Å². The van der Waals surface area contributed by atoms with E-state index in [1.807, 2.05) is 13.8 Å². The number of halogens is 1. The summed E-state index contributed by atoms with van der Waals surface area (Å²) in [6.45, 7) is 4.32. The lowest BCUT2D eigenvalue weighted by Gasteiger charge is -2.05. The highest BCUT2D eigenvalue weighted by Crippen LogP contribution is 2.15. The molecule has 0 radical (unpaired) electrons. The van der Waals surface area contributed by atoms with Crippen LogP contribution < -0.4 is 10.1 Å². The molecule has 0 aromatic heterocycles. The largest absolute Gasteiger partial charge is 0.458 e. The third kappa shape index (κ3) is 5.86. The highest BCUT2D eigenvalue weighted by Gasteiger charge is 1.98. The Labute approximate surface area is 112 Å². The lowest BCUT2D eigenvalue weighted by Crippen LogP contribution is -2.21. The van der Waals surface area contributed by atoms with Gasteiger partial charge in [0.15, 0.2) is 0 Å². The Morgan fingerprint density at radius 2 is 2.05 bits per heavy atom. The second-order valence-corrected chi connectivity index (χ2v) is 3.81. The maximum atomic E-state index is 12.7. The number of benzene rings is 1. The first-order valence-corrected chi connectivity index (χ1v) is 6.18. The molecule has 1 aromatic rings. The van der Waals surface area contributed by atoms with Gasteiger partial charge in [-0.1, -0.05) is 6.08 Å². The molecule has 0 spiro atoms. The number of allylic oxidation sites excluding steroid dienone is 2. The highest BCUT2D eigenvalue weighted by atomic mass is 19.1. The quantitative estimate of drug-likeness (QED) is 0.632. The first kappa shape index (κ1) is 15.0. The van der Waals surface area contributed by atoms with Gasteiger partial charge >= 0.3 is 0 Å². The van der Waals surface area contributed by atoms with E-state index < -0.39 is 0 Å². The van der Waals surface area contributed by atoms with Crippen LogP contribution in [-0.4, -0.2) is 12.5 Å². The first-order chi connectivity index (χ1) is 9.15. The molecular weight excluding hydrogens is 245 g/mol. The molecule has 102 valence electrons. The Morgan fingerprint density at radius 3 is 2.63 bits per heavy atom. The second-order valence-electron chi connectivity index (χ2n) is 3.81. The van der Waals surface area contributed by atoms with Crippen LogP contribution in [0.1, 0.15) is 20.3 Å². The molecule has 1 aromatic carbocycles. The molecule has 0 heterocycles. The fourth-order valence-electron chi connectivity index (χ4n) is 1.38. The zero-order valence-electron chi connectivity index (χ0n) is 11.2. The summed E-state index contributed by atoms with van der Waals surface area (Å²) in [5.41, 5.74) is 0. The van der Waals surface area contributed by atoms with Crippen LogP contribution in [0.25, 0.3) is 0 Å². The van der Waals surface area contributed by atoms with E-state index in [4.69, 9.17) is 4.74 Å². The summed E-state index contributed by atoms with van der Waals surface area (Å²) >= 11 is 0. The molecule has 3 nitrogen and oxygen atoms in total. The van der Waals surface area contributed by atoms with Gasteiger partial charge in [-0.2, -0.15) is 0 Å². The second kappa shape index (κ2) is 8.08. The van der Waals surface area contributed by atoms with Gasteiger partial charge in [0.1, 0.15) is 17.3 Å². The van der Waals surface area contributed by atoms with Crippen LogP contribution in [0, 0.1) is 5.82 Å². The normalized spacial score (nSPS) is 11.6. The van der Waals surface area contributed by atoms with Crippen LogP contribution in [0.5, 0.6) is 5.75 Å². The fraction of sp³-hybridized carbons (Fsp3) is 0.267. The van der Waals surface area contributed by atoms with Crippen molar-refractivity contribution in [3.63, 3.8) is 0 Å². The maximum absolute atomic E-state index is 12.7. The Hall–Kier alpha value is -2.10. The monoisotopic (exact) mass is 263 g/mol. The molecule has 0 bridgehead atoms. The van der Waals surface area contributed by atoms with Gasteiger partial charge in [0.25, 0.3) is 0 Å². The third-order valence-electron chi connectivity index (χ3n) is 2.29. The van der Waals surface area contributed by atoms with Crippen molar-refractivity contribution in [2.45, 2.75) is 20.3 Å². The molecule has 0 aliphatic heterocycles. The summed E-state index contributed by atoms with van der Waals surface area (Å²) in [5, 5.41) is 2.70. The van der Waals surface area contributed by atoms with Crippen LogP contribution in [0.15, 0.2) is 48.3 Å². The molecule has 1 amide bonds. The van der Waals surface area contributed by atoms with Crippen molar-refractivity contribution in [3.05, 3.63) is 54.1 Å². The zero-order chi connectivity index (χ0) is 14.1. The zero-order valence-corrected chi connectivity index (χ0v) is 11.2. The SMILES string of the molecule is C/C=C(\C=C/CC(=O)NCC)Oc1ccc(F)cc1. The molecule has 0 saturated heterocycles. The van der Waals surface area contributed by atoms with Crippen LogP contribution in [0.4, 0.5) is 4.39 Å². The van der Waals surface area contributed by atoms with Crippen LogP contribution in [-0.2, 0) is 4.79 Å². The van der Waals surface area contributed by atoms with Crippen molar-refractivity contribution in [3.8, 4) is 5.75 Å². The van der Waals surface area contributed by atoms with Crippen molar-refractivity contribution < 1.29 is 13.9 Å². The maximum Gasteiger partial charge on any atom is 0.223 e. The average molecular weight is 263 g/mol. The third-order valence-corrected chi connectivity index (χ3v) is 2.29. The van der Waals surface area contributed by atoms with E-state index in [1.165, 1.54) is 12.1 Å². The van der Waals surface area contributed by atoms with Gasteiger partial charge in [0, 0.05) is 13.0 Å². The topological polar surface area (TPSA) is 38.3 Å². The number of rotatable bonds is 6. The van der Waals surface area contributed by atoms with Crippen molar-refractivity contribution in [2.24, 2.45) is 0 Å². The van der Waals surface area contributed by atoms with E-state index in [-0.39, 0.29) is 11.7 Å². The predicted molar refractivity (Wildman–Crippen MR) is 73.2 cm³/mol. The Balaban J connectivity index is 2.53. The van der Waals surface area contributed by atoms with Crippen LogP contribution >= 0.6 is 0 Å². The standard InChI is InChI=1S/C15H18FNO2/c1-3-13(6-5-7-15(18)17-4-2)19-14-10-8-12(16)9-11-14/h3,5-6,8-11H,4,7H2,1-2H3,(H,17,18)/b6-5-,13-3+. The highest BCUT2D eigenvalue weighted by molar-refractivity contribution is 5.77. The summed E-state index contributed by atoms with van der Waals surface area (Å²) < 4.78 is 18.3. The van der Waals surface area contributed by atoms with E-state index >= 15 is 0 Å². The number of hydrogen-bond acceptors (Lipinski definition) is 2. The van der Waals surface area contributed by atoms with E-state index in [1.54, 1.807) is 30.4 Å². The Kier molecular flexibility index (Phi) is 6.36. The molecule has 0 aliphatic carbocycles. The van der Waals surface area contributed by atoms with Crippen molar-refractivity contribution in [1.82, 2.24) is 5.32 Å². The van der Waals surface area contributed by atoms with Gasteiger partial charge in [-0.05, 0) is 50.3 Å². The first-order valence-electron chi connectivity index (χ1n) is 6.18. The van der Waals surface area contributed by atoms with Crippen molar-refractivity contribution in [2.75, 3.05) is 6.54 Å². The Morgan fingerprint density at radius 1 is 1.37 bits per heavy atom. The molecule has 4 heteroatoms. The lowest BCUT2D eigenvalue weighted by atomic mass is 10.3. The average Bonchev–Trinajstić information content (AvgIpc) is 2.40. The smallest absolute Gasteiger partial charge is 0.223 e. The summed E-state index contributed by atoms with van der Waals surface area (Å²) in [4.78, 5) is 11.2. The number of hydrogen-bond donors (Lipinski definition) is 1. The van der Waals surface area contributed by atoms with Gasteiger partial charge in [-0.3, -0.25) is 4.79 Å². The Bertz CT molecular complexity index is 464. The lowest BCUT2D eigenvalue weighted by molar-refractivity contribution is -0.120. The molecule has 0 saturated carbocycles. The molecule has 0 atom stereocenters. The summed E-state index contributed by atoms with van der Waals surface area (Å²) in [7, 11) is 0. The van der Waals surface area contributed by atoms with Gasteiger partial charge in [-0.15, -0.1) is 0 Å². The van der Waals surface area contributed by atoms with E-state index in [0.29, 0.717) is 24.5 Å². The van der Waals surface area contributed by atoms with Crippen molar-refractivity contribution >= 4 is 5.91 Å². The van der Waals surface area contributed by atoms with Crippen LogP contribution in [0.2, 0.25) is 0 Å². The van der Waals surface area contributed by atoms with E-state index in [2.05, 4.69) is 5.32 Å². The predicted octanol–water partition coefficient (Wildman–Crippen LogP) is 3.19. The van der Waals surface area contributed by atoms with Gasteiger partial charge in [0.05, 0.1) is 0 Å². The minimum absolute atomic E-state index is 0.0315. The summed E-state index contributed by atoms with van der Waals surface area (Å²) in [6, 6.07) is 5.77. The van der Waals surface area contributed by atoms with Crippen LogP contribution in [0.3, 0.4) is 0 Å². The van der Waals surface area contributed by atoms with Crippen molar-refractivity contribution in [1.29, 1.82) is 0 Å². The number of nitrogens with one attached hydrogen (secondary N) is 1. The molecule has 0 aliphatic rings. The summed E-state index contributed by atoms with van der Waals surface area (Å²) in [5.74, 6) is 0.824. The molecular formula is C15H18FNO2. The number of carbonyl (C=O) groups excluding carboxylic acids is 1. The number of ether oxygens (including phenoxy) is 1. The molecule has 1 rings (SSSR count). The molecule has 19 heavy (non-hydrogen) atoms. The minimum atomic E-state index is -0.304. The molecule has 1 N–H and O–H groups in total. The van der Waals surface area contributed by atoms with E-state index in [9.17, 15) is 9.18 Å². The molecule has 0 fully saturated rings. The number of carbonyl (C=O) groups is 1. The minimum Gasteiger partial charge on any atom is -0.458 e. The van der Waals surface area contributed by atoms with E-state index in [0.717, 1.165) is 0 Å². The molecule has 0 unspecified atom stereocenters. The summed E-state index contributed by atoms with van der Waals surface area (Å²) in [6.07, 6.45) is 5.53. The van der Waals surface area contributed by atoms with Gasteiger partial charge in [0.2, 0.25) is 5.91 Å².